The van der Waals surface area contributed by atoms with E-state index in [-0.39, 0.29) is 11.0 Å². The molecule has 4 nitrogen and oxygen atoms in total. The molecule has 2 rings (SSSR count). The van der Waals surface area contributed by atoms with Crippen LogP contribution < -0.4 is 10.8 Å². The van der Waals surface area contributed by atoms with Crippen molar-refractivity contribution in [2.45, 2.75) is 6.54 Å². The van der Waals surface area contributed by atoms with Gasteiger partial charge in [-0.05, 0) is 23.8 Å². The number of hydrogen-bond donors (Lipinski definition) is 3. The van der Waals surface area contributed by atoms with E-state index in [1.54, 1.807) is 0 Å². The third-order valence-corrected chi connectivity index (χ3v) is 2.83. The van der Waals surface area contributed by atoms with E-state index in [4.69, 9.17) is 10.0 Å². The van der Waals surface area contributed by atoms with Crippen LogP contribution in [0.15, 0.2) is 48.5 Å². The van der Waals surface area contributed by atoms with Crippen LogP contribution in [0.5, 0.6) is 0 Å². The maximum absolute atomic E-state index is 13.3. The lowest BCUT2D eigenvalue weighted by atomic mass is 9.79. The Hall–Kier alpha value is -2.18. The summed E-state index contributed by atoms with van der Waals surface area (Å²) in [4.78, 5) is 11.9. The molecule has 1 amide bonds. The van der Waals surface area contributed by atoms with E-state index in [2.05, 4.69) is 5.32 Å². The van der Waals surface area contributed by atoms with Gasteiger partial charge in [-0.25, -0.2) is 4.39 Å². The number of hydrogen-bond acceptors (Lipinski definition) is 3. The molecule has 0 aliphatic carbocycles. The second kappa shape index (κ2) is 6.32. The minimum Gasteiger partial charge on any atom is -0.423 e. The zero-order valence-electron chi connectivity index (χ0n) is 10.6. The molecule has 0 aromatic heterocycles. The molecule has 0 heterocycles. The van der Waals surface area contributed by atoms with Gasteiger partial charge in [0.1, 0.15) is 5.82 Å². The first-order chi connectivity index (χ1) is 9.58. The van der Waals surface area contributed by atoms with Crippen molar-refractivity contribution in [1.82, 2.24) is 5.32 Å². The van der Waals surface area contributed by atoms with Gasteiger partial charge < -0.3 is 15.4 Å². The van der Waals surface area contributed by atoms with E-state index in [1.165, 1.54) is 6.07 Å². The number of rotatable bonds is 4. The van der Waals surface area contributed by atoms with Gasteiger partial charge in [-0.15, -0.1) is 0 Å². The summed E-state index contributed by atoms with van der Waals surface area (Å²) in [6.07, 6.45) is 0. The van der Waals surface area contributed by atoms with Crippen molar-refractivity contribution in [2.24, 2.45) is 0 Å². The third kappa shape index (κ3) is 3.43. The summed E-state index contributed by atoms with van der Waals surface area (Å²) in [5.41, 5.74) is 0.785. The lowest BCUT2D eigenvalue weighted by molar-refractivity contribution is 0.0951. The van der Waals surface area contributed by atoms with Crippen molar-refractivity contribution in [2.75, 3.05) is 0 Å². The Bertz CT molecular complexity index is 605. The number of halogens is 1. The van der Waals surface area contributed by atoms with Crippen molar-refractivity contribution in [3.63, 3.8) is 0 Å². The van der Waals surface area contributed by atoms with Gasteiger partial charge in [-0.2, -0.15) is 0 Å². The zero-order valence-corrected chi connectivity index (χ0v) is 10.6. The highest BCUT2D eigenvalue weighted by Gasteiger charge is 2.18. The van der Waals surface area contributed by atoms with Gasteiger partial charge in [0.05, 0.1) is 0 Å². The molecule has 2 aromatic carbocycles. The molecule has 0 unspecified atom stereocenters. The van der Waals surface area contributed by atoms with Gasteiger partial charge >= 0.3 is 7.12 Å². The minimum atomic E-state index is -1.95. The van der Waals surface area contributed by atoms with Crippen molar-refractivity contribution < 1.29 is 19.2 Å². The standard InChI is InChI=1S/C14H13BFNO3/c16-13-7-6-11(8-12(13)15(19)20)14(18)17-9-10-4-2-1-3-5-10/h1-8,19-20H,9H2,(H,17,18). The number of nitrogens with one attached hydrogen (secondary N) is 1. The molecule has 20 heavy (non-hydrogen) atoms. The molecule has 0 radical (unpaired) electrons. The van der Waals surface area contributed by atoms with Gasteiger partial charge in [0.15, 0.2) is 0 Å². The first kappa shape index (κ1) is 14.2. The molecule has 0 saturated heterocycles. The van der Waals surface area contributed by atoms with Crippen LogP contribution >= 0.6 is 0 Å². The van der Waals surface area contributed by atoms with Crippen molar-refractivity contribution in [3.05, 3.63) is 65.5 Å². The molecule has 0 atom stereocenters. The van der Waals surface area contributed by atoms with Gasteiger partial charge in [0, 0.05) is 17.6 Å². The average molecular weight is 273 g/mol. The average Bonchev–Trinajstić information content (AvgIpc) is 2.46. The summed E-state index contributed by atoms with van der Waals surface area (Å²) in [5.74, 6) is -1.17. The van der Waals surface area contributed by atoms with Crippen LogP contribution in [0.1, 0.15) is 15.9 Å². The van der Waals surface area contributed by atoms with Crippen molar-refractivity contribution in [1.29, 1.82) is 0 Å². The molecule has 0 spiro atoms. The summed E-state index contributed by atoms with van der Waals surface area (Å²) < 4.78 is 13.3. The fraction of sp³-hybridized carbons (Fsp3) is 0.0714. The highest BCUT2D eigenvalue weighted by Crippen LogP contribution is 2.03. The fourth-order valence-corrected chi connectivity index (χ4v) is 1.76. The first-order valence-corrected chi connectivity index (χ1v) is 6.05. The van der Waals surface area contributed by atoms with Crippen LogP contribution in [0.2, 0.25) is 0 Å². The highest BCUT2D eigenvalue weighted by atomic mass is 19.1. The Morgan fingerprint density at radius 2 is 1.85 bits per heavy atom. The summed E-state index contributed by atoms with van der Waals surface area (Å²) in [6.45, 7) is 0.341. The molecule has 3 N–H and O–H groups in total. The van der Waals surface area contributed by atoms with Crippen LogP contribution in [-0.4, -0.2) is 23.1 Å². The molecular formula is C14H13BFNO3. The predicted molar refractivity (Wildman–Crippen MR) is 73.8 cm³/mol. The number of carbonyl (C=O) groups excluding carboxylic acids is 1. The highest BCUT2D eigenvalue weighted by molar-refractivity contribution is 6.58. The molecule has 0 aliphatic rings. The Morgan fingerprint density at radius 1 is 1.15 bits per heavy atom. The van der Waals surface area contributed by atoms with E-state index in [1.807, 2.05) is 30.3 Å². The number of amides is 1. The van der Waals surface area contributed by atoms with Crippen LogP contribution in [0.3, 0.4) is 0 Å². The van der Waals surface area contributed by atoms with Gasteiger partial charge in [0.25, 0.3) is 5.91 Å². The fourth-order valence-electron chi connectivity index (χ4n) is 1.76. The van der Waals surface area contributed by atoms with Gasteiger partial charge in [-0.1, -0.05) is 30.3 Å². The summed E-state index contributed by atoms with van der Waals surface area (Å²) in [5, 5.41) is 20.7. The minimum absolute atomic E-state index is 0.172. The molecule has 0 fully saturated rings. The number of benzene rings is 2. The van der Waals surface area contributed by atoms with E-state index < -0.39 is 18.8 Å². The van der Waals surface area contributed by atoms with Gasteiger partial charge in [0.2, 0.25) is 0 Å². The summed E-state index contributed by atoms with van der Waals surface area (Å²) >= 11 is 0. The molecule has 0 aliphatic heterocycles. The van der Waals surface area contributed by atoms with E-state index in [0.29, 0.717) is 6.54 Å². The Labute approximate surface area is 116 Å². The van der Waals surface area contributed by atoms with Crippen LogP contribution in [0.4, 0.5) is 4.39 Å². The monoisotopic (exact) mass is 273 g/mol. The molecular weight excluding hydrogens is 260 g/mol. The lowest BCUT2D eigenvalue weighted by Gasteiger charge is -2.07. The quantitative estimate of drug-likeness (QED) is 0.708. The molecule has 0 bridgehead atoms. The lowest BCUT2D eigenvalue weighted by Crippen LogP contribution is -2.34. The first-order valence-electron chi connectivity index (χ1n) is 6.05. The van der Waals surface area contributed by atoms with Gasteiger partial charge in [-0.3, -0.25) is 4.79 Å². The Morgan fingerprint density at radius 3 is 2.50 bits per heavy atom. The Balaban J connectivity index is 2.08. The molecule has 102 valence electrons. The molecule has 6 heteroatoms. The SMILES string of the molecule is O=C(NCc1ccccc1)c1ccc(F)c(B(O)O)c1. The maximum Gasteiger partial charge on any atom is 0.491 e. The number of carbonyl (C=O) groups is 1. The second-order valence-corrected chi connectivity index (χ2v) is 4.28. The van der Waals surface area contributed by atoms with Crippen LogP contribution in [-0.2, 0) is 6.54 Å². The van der Waals surface area contributed by atoms with Crippen LogP contribution in [0, 0.1) is 5.82 Å². The van der Waals surface area contributed by atoms with Crippen molar-refractivity contribution >= 4 is 18.5 Å². The smallest absolute Gasteiger partial charge is 0.423 e. The molecule has 0 saturated carbocycles. The largest absolute Gasteiger partial charge is 0.491 e. The summed E-state index contributed by atoms with van der Waals surface area (Å²) in [6, 6.07) is 12.8. The predicted octanol–water partition coefficient (Wildman–Crippen LogP) is 0.436. The van der Waals surface area contributed by atoms with E-state index in [9.17, 15) is 9.18 Å². The Kier molecular flexibility index (Phi) is 4.50. The van der Waals surface area contributed by atoms with E-state index >= 15 is 0 Å². The second-order valence-electron chi connectivity index (χ2n) is 4.28. The molecule has 2 aromatic rings. The maximum atomic E-state index is 13.3. The topological polar surface area (TPSA) is 69.6 Å². The van der Waals surface area contributed by atoms with Crippen LogP contribution in [0.25, 0.3) is 0 Å². The third-order valence-electron chi connectivity index (χ3n) is 2.83. The van der Waals surface area contributed by atoms with E-state index in [0.717, 1.165) is 17.7 Å². The summed E-state index contributed by atoms with van der Waals surface area (Å²) in [7, 11) is -1.95. The normalized spacial score (nSPS) is 10.2. The zero-order chi connectivity index (χ0) is 14.5. The van der Waals surface area contributed by atoms with Crippen molar-refractivity contribution in [3.8, 4) is 0 Å².